The third kappa shape index (κ3) is 1.87. The van der Waals surface area contributed by atoms with Crippen molar-refractivity contribution in [3.05, 3.63) is 23.8 Å². The van der Waals surface area contributed by atoms with Crippen LogP contribution >= 0.6 is 0 Å². The molecule has 3 heteroatoms. The van der Waals surface area contributed by atoms with E-state index >= 15 is 0 Å². The smallest absolute Gasteiger partial charge is 0.0637 e. The van der Waals surface area contributed by atoms with Crippen LogP contribution in [0.3, 0.4) is 0 Å². The summed E-state index contributed by atoms with van der Waals surface area (Å²) in [5.74, 6) is 0.547. The van der Waals surface area contributed by atoms with Gasteiger partial charge >= 0.3 is 0 Å². The standard InChI is InChI=1S/C13H20N2O/c1-9-3-4-11(14)7-12(9)15-6-5-10(2)13(15)8-16/h3-4,7,10,13,16H,5-6,8,14H2,1-2H3. The lowest BCUT2D eigenvalue weighted by molar-refractivity contribution is 0.244. The van der Waals surface area contributed by atoms with Crippen molar-refractivity contribution in [3.63, 3.8) is 0 Å². The van der Waals surface area contributed by atoms with Crippen molar-refractivity contribution in [3.8, 4) is 0 Å². The van der Waals surface area contributed by atoms with E-state index in [4.69, 9.17) is 5.73 Å². The molecule has 2 atom stereocenters. The van der Waals surface area contributed by atoms with Gasteiger partial charge in [-0.1, -0.05) is 13.0 Å². The van der Waals surface area contributed by atoms with Crippen LogP contribution in [0.5, 0.6) is 0 Å². The van der Waals surface area contributed by atoms with Crippen LogP contribution in [0.25, 0.3) is 0 Å². The number of benzene rings is 1. The topological polar surface area (TPSA) is 49.5 Å². The first-order valence-corrected chi connectivity index (χ1v) is 5.87. The number of aliphatic hydroxyl groups is 1. The van der Waals surface area contributed by atoms with Gasteiger partial charge in [-0.2, -0.15) is 0 Å². The predicted octanol–water partition coefficient (Wildman–Crippen LogP) is 1.78. The van der Waals surface area contributed by atoms with Crippen LogP contribution in [0.1, 0.15) is 18.9 Å². The average molecular weight is 220 g/mol. The molecule has 0 aliphatic carbocycles. The number of aliphatic hydroxyl groups excluding tert-OH is 1. The zero-order valence-electron chi connectivity index (χ0n) is 9.98. The Balaban J connectivity index is 2.33. The van der Waals surface area contributed by atoms with E-state index in [2.05, 4.69) is 18.7 Å². The summed E-state index contributed by atoms with van der Waals surface area (Å²) in [4.78, 5) is 2.29. The predicted molar refractivity (Wildman–Crippen MR) is 67.6 cm³/mol. The summed E-state index contributed by atoms with van der Waals surface area (Å²) in [6.45, 7) is 5.51. The zero-order chi connectivity index (χ0) is 11.7. The third-order valence-corrected chi connectivity index (χ3v) is 3.61. The summed E-state index contributed by atoms with van der Waals surface area (Å²) < 4.78 is 0. The molecule has 2 rings (SSSR count). The molecule has 16 heavy (non-hydrogen) atoms. The lowest BCUT2D eigenvalue weighted by atomic mass is 10.0. The molecular weight excluding hydrogens is 200 g/mol. The summed E-state index contributed by atoms with van der Waals surface area (Å²) in [6, 6.07) is 6.21. The molecule has 0 spiro atoms. The SMILES string of the molecule is Cc1ccc(N)cc1N1CCC(C)C1CO. The second-order valence-electron chi connectivity index (χ2n) is 4.76. The van der Waals surface area contributed by atoms with Crippen LogP contribution in [-0.2, 0) is 0 Å². The van der Waals surface area contributed by atoms with Gasteiger partial charge in [0, 0.05) is 17.9 Å². The molecule has 1 heterocycles. The highest BCUT2D eigenvalue weighted by molar-refractivity contribution is 5.62. The molecule has 1 fully saturated rings. The molecule has 1 aliphatic heterocycles. The van der Waals surface area contributed by atoms with Crippen LogP contribution in [0.15, 0.2) is 18.2 Å². The van der Waals surface area contributed by atoms with E-state index in [1.165, 1.54) is 11.3 Å². The van der Waals surface area contributed by atoms with E-state index in [9.17, 15) is 5.11 Å². The average Bonchev–Trinajstić information content (AvgIpc) is 2.63. The summed E-state index contributed by atoms with van der Waals surface area (Å²) >= 11 is 0. The fourth-order valence-corrected chi connectivity index (χ4v) is 2.52. The Labute approximate surface area is 96.9 Å². The normalized spacial score (nSPS) is 25.1. The van der Waals surface area contributed by atoms with E-state index in [0.717, 1.165) is 18.7 Å². The Kier molecular flexibility index (Phi) is 3.06. The second kappa shape index (κ2) is 4.34. The summed E-state index contributed by atoms with van der Waals surface area (Å²) in [6.07, 6.45) is 1.14. The molecule has 1 saturated heterocycles. The minimum absolute atomic E-state index is 0.218. The first-order chi connectivity index (χ1) is 7.63. The number of anilines is 2. The van der Waals surface area contributed by atoms with E-state index in [1.807, 2.05) is 18.2 Å². The van der Waals surface area contributed by atoms with Gasteiger partial charge in [-0.3, -0.25) is 0 Å². The molecule has 3 nitrogen and oxygen atoms in total. The fraction of sp³-hybridized carbons (Fsp3) is 0.538. The van der Waals surface area contributed by atoms with Gasteiger partial charge in [0.2, 0.25) is 0 Å². The Morgan fingerprint density at radius 3 is 2.94 bits per heavy atom. The van der Waals surface area contributed by atoms with Crippen LogP contribution in [0, 0.1) is 12.8 Å². The molecule has 0 amide bonds. The highest BCUT2D eigenvalue weighted by Gasteiger charge is 2.31. The molecule has 0 bridgehead atoms. The van der Waals surface area contributed by atoms with E-state index < -0.39 is 0 Å². The second-order valence-corrected chi connectivity index (χ2v) is 4.76. The molecule has 0 radical (unpaired) electrons. The number of hydrogen-bond acceptors (Lipinski definition) is 3. The van der Waals surface area contributed by atoms with E-state index in [0.29, 0.717) is 5.92 Å². The summed E-state index contributed by atoms with van der Waals surface area (Å²) in [5, 5.41) is 9.46. The molecule has 88 valence electrons. The van der Waals surface area contributed by atoms with E-state index in [1.54, 1.807) is 0 Å². The van der Waals surface area contributed by atoms with Crippen molar-refractivity contribution in [2.45, 2.75) is 26.3 Å². The monoisotopic (exact) mass is 220 g/mol. The quantitative estimate of drug-likeness (QED) is 0.747. The number of nitrogen functional groups attached to an aromatic ring is 1. The van der Waals surface area contributed by atoms with Gasteiger partial charge in [-0.05, 0) is 37.0 Å². The van der Waals surface area contributed by atoms with Gasteiger partial charge in [-0.25, -0.2) is 0 Å². The minimum atomic E-state index is 0.218. The van der Waals surface area contributed by atoms with Gasteiger partial charge in [0.25, 0.3) is 0 Å². The van der Waals surface area contributed by atoms with Gasteiger partial charge in [0.15, 0.2) is 0 Å². The highest BCUT2D eigenvalue weighted by atomic mass is 16.3. The largest absolute Gasteiger partial charge is 0.399 e. The van der Waals surface area contributed by atoms with Crippen LogP contribution in [0.2, 0.25) is 0 Å². The lowest BCUT2D eigenvalue weighted by Gasteiger charge is -2.29. The Morgan fingerprint density at radius 1 is 1.50 bits per heavy atom. The van der Waals surface area contributed by atoms with E-state index in [-0.39, 0.29) is 12.6 Å². The van der Waals surface area contributed by atoms with Gasteiger partial charge in [0.1, 0.15) is 0 Å². The fourth-order valence-electron chi connectivity index (χ4n) is 2.52. The maximum Gasteiger partial charge on any atom is 0.0637 e. The number of nitrogens with two attached hydrogens (primary N) is 1. The Morgan fingerprint density at radius 2 is 2.25 bits per heavy atom. The zero-order valence-corrected chi connectivity index (χ0v) is 9.98. The number of rotatable bonds is 2. The van der Waals surface area contributed by atoms with Crippen LogP contribution in [0.4, 0.5) is 11.4 Å². The Bertz CT molecular complexity index is 378. The van der Waals surface area contributed by atoms with Crippen molar-refractivity contribution >= 4 is 11.4 Å². The van der Waals surface area contributed by atoms with Crippen molar-refractivity contribution in [1.29, 1.82) is 0 Å². The maximum atomic E-state index is 9.46. The van der Waals surface area contributed by atoms with Crippen molar-refractivity contribution < 1.29 is 5.11 Å². The van der Waals surface area contributed by atoms with Gasteiger partial charge < -0.3 is 15.7 Å². The number of hydrogen-bond donors (Lipinski definition) is 2. The summed E-state index contributed by atoms with van der Waals surface area (Å²) in [7, 11) is 0. The van der Waals surface area contributed by atoms with Crippen molar-refractivity contribution in [2.24, 2.45) is 5.92 Å². The van der Waals surface area contributed by atoms with Crippen LogP contribution < -0.4 is 10.6 Å². The molecular formula is C13H20N2O. The number of aryl methyl sites for hydroxylation is 1. The third-order valence-electron chi connectivity index (χ3n) is 3.61. The van der Waals surface area contributed by atoms with Crippen LogP contribution in [-0.4, -0.2) is 24.3 Å². The lowest BCUT2D eigenvalue weighted by Crippen LogP contribution is -2.35. The summed E-state index contributed by atoms with van der Waals surface area (Å²) in [5.41, 5.74) is 9.01. The van der Waals surface area contributed by atoms with Gasteiger partial charge in [0.05, 0.1) is 12.6 Å². The molecule has 1 aromatic rings. The maximum absolute atomic E-state index is 9.46. The Hall–Kier alpha value is -1.22. The van der Waals surface area contributed by atoms with Crippen molar-refractivity contribution in [2.75, 3.05) is 23.8 Å². The molecule has 0 saturated carbocycles. The molecule has 1 aliphatic rings. The number of nitrogens with zero attached hydrogens (tertiary/aromatic N) is 1. The molecule has 0 aromatic heterocycles. The highest BCUT2D eigenvalue weighted by Crippen LogP contribution is 2.32. The van der Waals surface area contributed by atoms with Gasteiger partial charge in [-0.15, -0.1) is 0 Å². The molecule has 1 aromatic carbocycles. The minimum Gasteiger partial charge on any atom is -0.399 e. The molecule has 3 N–H and O–H groups in total. The first kappa shape index (κ1) is 11.3. The first-order valence-electron chi connectivity index (χ1n) is 5.87. The molecule has 2 unspecified atom stereocenters. The van der Waals surface area contributed by atoms with Crippen molar-refractivity contribution in [1.82, 2.24) is 0 Å².